The molecule has 2 aliphatic carbocycles. The van der Waals surface area contributed by atoms with E-state index in [1.165, 1.54) is 6.08 Å². The van der Waals surface area contributed by atoms with Gasteiger partial charge in [0.2, 0.25) is 0 Å². The maximum Gasteiger partial charge on any atom is 0.134 e. The van der Waals surface area contributed by atoms with Crippen LogP contribution in [-0.2, 0) is 0 Å². The van der Waals surface area contributed by atoms with Gasteiger partial charge in [-0.1, -0.05) is 25.7 Å². The van der Waals surface area contributed by atoms with Gasteiger partial charge in [-0.15, -0.1) is 0 Å². The van der Waals surface area contributed by atoms with Crippen LogP contribution in [0.4, 0.5) is 4.39 Å². The zero-order chi connectivity index (χ0) is 16.1. The molecule has 0 heterocycles. The van der Waals surface area contributed by atoms with Crippen LogP contribution >= 0.6 is 0 Å². The van der Waals surface area contributed by atoms with Crippen LogP contribution in [0.3, 0.4) is 0 Å². The third-order valence-electron chi connectivity index (χ3n) is 3.49. The molecule has 3 nitrogen and oxygen atoms in total. The summed E-state index contributed by atoms with van der Waals surface area (Å²) in [6.45, 7) is 7.98. The highest BCUT2D eigenvalue weighted by Crippen LogP contribution is 2.23. The van der Waals surface area contributed by atoms with Crippen LogP contribution in [0.5, 0.6) is 0 Å². The molecule has 2 N–H and O–H groups in total. The molecule has 0 fully saturated rings. The molecule has 0 radical (unpaired) electrons. The molecule has 4 heteroatoms. The first kappa shape index (κ1) is 16.0. The number of aliphatic imine (C=N–C) groups is 1. The van der Waals surface area contributed by atoms with Gasteiger partial charge < -0.3 is 10.4 Å². The van der Waals surface area contributed by atoms with Gasteiger partial charge in [-0.05, 0) is 43.1 Å². The Morgan fingerprint density at radius 2 is 2.32 bits per heavy atom. The molecule has 0 saturated heterocycles. The van der Waals surface area contributed by atoms with Crippen LogP contribution in [0.25, 0.3) is 0 Å². The van der Waals surface area contributed by atoms with Crippen molar-refractivity contribution in [1.29, 1.82) is 0 Å². The summed E-state index contributed by atoms with van der Waals surface area (Å²) in [6.07, 6.45) is 11.1. The van der Waals surface area contributed by atoms with Crippen LogP contribution in [0.2, 0.25) is 0 Å². The van der Waals surface area contributed by atoms with Gasteiger partial charge in [0, 0.05) is 19.7 Å². The summed E-state index contributed by atoms with van der Waals surface area (Å²) in [7, 11) is 0. The number of nitrogens with one attached hydrogen (secondary N) is 1. The second kappa shape index (κ2) is 7.07. The van der Waals surface area contributed by atoms with Gasteiger partial charge >= 0.3 is 0 Å². The van der Waals surface area contributed by atoms with Crippen molar-refractivity contribution in [3.8, 4) is 0 Å². The number of halogens is 1. The summed E-state index contributed by atoms with van der Waals surface area (Å²) >= 11 is 0. The number of nitrogens with zero attached hydrogens (tertiary/aromatic N) is 1. The van der Waals surface area contributed by atoms with Crippen molar-refractivity contribution in [2.45, 2.75) is 20.3 Å². The Kier molecular flexibility index (Phi) is 5.15. The van der Waals surface area contributed by atoms with Crippen LogP contribution in [-0.4, -0.2) is 17.4 Å². The standard InChI is InChI=1S/C18H21FN2O.H2/c1-4-7-20-17-10-14(15(19)9-13(17)3)11-21-16-6-5-12(2)8-18(16)22;/h4,6-10,12,21-22H,3,5,11H2,1-2H3;1H/b7-4-,20-17?;. The average molecular weight is 302 g/mol. The number of aliphatic hydroxyl groups excluding tert-OH is 1. The minimum atomic E-state index is -0.329. The van der Waals surface area contributed by atoms with Crippen molar-refractivity contribution in [2.75, 3.05) is 6.54 Å². The van der Waals surface area contributed by atoms with Crippen molar-refractivity contribution >= 4 is 5.71 Å². The lowest BCUT2D eigenvalue weighted by Gasteiger charge is -2.19. The van der Waals surface area contributed by atoms with Crippen molar-refractivity contribution in [3.05, 3.63) is 71.6 Å². The Bertz CT molecular complexity index is 654. The molecule has 1 atom stereocenters. The summed E-state index contributed by atoms with van der Waals surface area (Å²) in [5.74, 6) is 0.205. The van der Waals surface area contributed by atoms with E-state index in [1.54, 1.807) is 24.4 Å². The predicted octanol–water partition coefficient (Wildman–Crippen LogP) is 4.51. The van der Waals surface area contributed by atoms with Gasteiger partial charge in [0.1, 0.15) is 11.6 Å². The first-order valence-electron chi connectivity index (χ1n) is 7.32. The van der Waals surface area contributed by atoms with Crippen LogP contribution in [0, 0.1) is 5.92 Å². The lowest BCUT2D eigenvalue weighted by Crippen LogP contribution is -2.22. The molecule has 0 spiro atoms. The summed E-state index contributed by atoms with van der Waals surface area (Å²) < 4.78 is 14.0. The monoisotopic (exact) mass is 302 g/mol. The molecule has 118 valence electrons. The number of aliphatic hydroxyl groups is 1. The van der Waals surface area contributed by atoms with Crippen LogP contribution in [0.15, 0.2) is 76.6 Å². The van der Waals surface area contributed by atoms with E-state index in [4.69, 9.17) is 0 Å². The largest absolute Gasteiger partial charge is 0.506 e. The Morgan fingerprint density at radius 1 is 1.55 bits per heavy atom. The minimum Gasteiger partial charge on any atom is -0.506 e. The first-order chi connectivity index (χ1) is 10.5. The molecule has 0 amide bonds. The molecule has 1 unspecified atom stereocenters. The molecule has 0 saturated carbocycles. The Labute approximate surface area is 132 Å². The molecule has 0 aromatic carbocycles. The van der Waals surface area contributed by atoms with E-state index in [9.17, 15) is 9.50 Å². The third-order valence-corrected chi connectivity index (χ3v) is 3.49. The minimum absolute atomic E-state index is 0. The Balaban J connectivity index is 0.00000264. The topological polar surface area (TPSA) is 44.6 Å². The molecule has 0 aromatic rings. The van der Waals surface area contributed by atoms with E-state index in [-0.39, 0.29) is 19.6 Å². The number of allylic oxidation sites excluding steroid dienone is 6. The van der Waals surface area contributed by atoms with Crippen LogP contribution < -0.4 is 5.32 Å². The second-order valence-corrected chi connectivity index (χ2v) is 5.42. The highest BCUT2D eigenvalue weighted by atomic mass is 19.1. The highest BCUT2D eigenvalue weighted by Gasteiger charge is 2.16. The molecular weight excluding hydrogens is 279 g/mol. The lowest BCUT2D eigenvalue weighted by molar-refractivity contribution is 0.400. The number of hydrogen-bond acceptors (Lipinski definition) is 3. The van der Waals surface area contributed by atoms with Gasteiger partial charge in [-0.3, -0.25) is 4.99 Å². The molecule has 2 rings (SSSR count). The van der Waals surface area contributed by atoms with Crippen molar-refractivity contribution < 1.29 is 10.9 Å². The van der Waals surface area contributed by atoms with E-state index in [2.05, 4.69) is 16.9 Å². The first-order valence-corrected chi connectivity index (χ1v) is 7.32. The van der Waals surface area contributed by atoms with Crippen molar-refractivity contribution in [2.24, 2.45) is 10.9 Å². The molecule has 0 aromatic heterocycles. The quantitative estimate of drug-likeness (QED) is 0.802. The van der Waals surface area contributed by atoms with Gasteiger partial charge in [-0.2, -0.15) is 0 Å². The highest BCUT2D eigenvalue weighted by molar-refractivity contribution is 6.12. The van der Waals surface area contributed by atoms with Crippen molar-refractivity contribution in [3.63, 3.8) is 0 Å². The maximum absolute atomic E-state index is 14.0. The van der Waals surface area contributed by atoms with Gasteiger partial charge in [0.05, 0.1) is 11.4 Å². The summed E-state index contributed by atoms with van der Waals surface area (Å²) in [5, 5.41) is 13.0. The van der Waals surface area contributed by atoms with E-state index in [0.29, 0.717) is 28.5 Å². The van der Waals surface area contributed by atoms with Gasteiger partial charge in [0.25, 0.3) is 0 Å². The lowest BCUT2D eigenvalue weighted by atomic mass is 9.98. The van der Waals surface area contributed by atoms with Crippen molar-refractivity contribution in [1.82, 2.24) is 5.32 Å². The predicted molar refractivity (Wildman–Crippen MR) is 91.4 cm³/mol. The van der Waals surface area contributed by atoms with Gasteiger partial charge in [-0.25, -0.2) is 4.39 Å². The summed E-state index contributed by atoms with van der Waals surface area (Å²) in [4.78, 5) is 4.23. The van der Waals surface area contributed by atoms with E-state index < -0.39 is 0 Å². The smallest absolute Gasteiger partial charge is 0.134 e. The molecule has 0 bridgehead atoms. The average Bonchev–Trinajstić information content (AvgIpc) is 2.47. The fourth-order valence-corrected chi connectivity index (χ4v) is 2.25. The fourth-order valence-electron chi connectivity index (χ4n) is 2.25. The Hall–Kier alpha value is -2.36. The SMILES string of the molecule is C=C1C=C(F)C(CNC2=CCC(C)C=C2O)=CC1=N/C=C\C.[HH]. The zero-order valence-corrected chi connectivity index (χ0v) is 12.9. The number of rotatable bonds is 4. The normalized spacial score (nSPS) is 24.0. The zero-order valence-electron chi connectivity index (χ0n) is 12.9. The molecule has 2 aliphatic rings. The Morgan fingerprint density at radius 3 is 3.00 bits per heavy atom. The second-order valence-electron chi connectivity index (χ2n) is 5.42. The fraction of sp³-hybridized carbons (Fsp3) is 0.278. The van der Waals surface area contributed by atoms with E-state index in [0.717, 1.165) is 6.42 Å². The van der Waals surface area contributed by atoms with Crippen LogP contribution in [0.1, 0.15) is 21.7 Å². The summed E-state index contributed by atoms with van der Waals surface area (Å²) in [5.41, 5.74) is 2.32. The molecule has 0 aliphatic heterocycles. The van der Waals surface area contributed by atoms with E-state index in [1.807, 2.05) is 19.9 Å². The van der Waals surface area contributed by atoms with Gasteiger partial charge in [0.15, 0.2) is 0 Å². The molecular formula is C18H23FN2O. The summed E-state index contributed by atoms with van der Waals surface area (Å²) in [6, 6.07) is 0. The maximum atomic E-state index is 14.0. The van der Waals surface area contributed by atoms with E-state index >= 15 is 0 Å². The third kappa shape index (κ3) is 3.85. The number of hydrogen-bond donors (Lipinski definition) is 2. The molecule has 22 heavy (non-hydrogen) atoms.